The zero-order valence-electron chi connectivity index (χ0n) is 13.7. The van der Waals surface area contributed by atoms with Gasteiger partial charge in [-0.1, -0.05) is 20.8 Å². The normalized spacial score (nSPS) is 17.6. The number of carbonyl (C=O) groups excluding carboxylic acids is 1. The Labute approximate surface area is 127 Å². The molecule has 0 saturated carbocycles. The van der Waals surface area contributed by atoms with E-state index in [0.29, 0.717) is 5.41 Å². The van der Waals surface area contributed by atoms with Crippen LogP contribution < -0.4 is 5.32 Å². The van der Waals surface area contributed by atoms with Crippen LogP contribution in [0.4, 0.5) is 5.82 Å². The smallest absolute Gasteiger partial charge is 0.254 e. The molecule has 0 bridgehead atoms. The van der Waals surface area contributed by atoms with Crippen LogP contribution in [-0.2, 0) is 6.42 Å². The third-order valence-corrected chi connectivity index (χ3v) is 4.25. The number of carbonyl (C=O) groups is 1. The quantitative estimate of drug-likeness (QED) is 0.924. The van der Waals surface area contributed by atoms with E-state index in [-0.39, 0.29) is 5.91 Å². The molecule has 1 aromatic heterocycles. The highest BCUT2D eigenvalue weighted by atomic mass is 16.2. The summed E-state index contributed by atoms with van der Waals surface area (Å²) in [5, 5.41) is 3.21. The fourth-order valence-electron chi connectivity index (χ4n) is 2.66. The van der Waals surface area contributed by atoms with Crippen molar-refractivity contribution < 1.29 is 4.79 Å². The average molecular weight is 289 g/mol. The molecule has 1 N–H and O–H groups in total. The zero-order valence-corrected chi connectivity index (χ0v) is 13.7. The molecule has 4 heteroatoms. The van der Waals surface area contributed by atoms with Gasteiger partial charge in [0.1, 0.15) is 5.82 Å². The summed E-state index contributed by atoms with van der Waals surface area (Å²) in [4.78, 5) is 19.2. The maximum Gasteiger partial charge on any atom is 0.254 e. The van der Waals surface area contributed by atoms with Crippen LogP contribution in [0.3, 0.4) is 0 Å². The molecule has 0 atom stereocenters. The second-order valence-corrected chi connectivity index (χ2v) is 6.57. The number of rotatable bonds is 4. The van der Waals surface area contributed by atoms with E-state index in [9.17, 15) is 4.79 Å². The Hall–Kier alpha value is -1.58. The van der Waals surface area contributed by atoms with Gasteiger partial charge in [-0.05, 0) is 43.7 Å². The molecule has 1 aliphatic heterocycles. The first-order valence-corrected chi connectivity index (χ1v) is 7.99. The van der Waals surface area contributed by atoms with E-state index in [1.54, 1.807) is 0 Å². The first-order valence-electron chi connectivity index (χ1n) is 7.99. The molecule has 0 spiro atoms. The summed E-state index contributed by atoms with van der Waals surface area (Å²) in [6.07, 6.45) is 2.99. The highest BCUT2D eigenvalue weighted by molar-refractivity contribution is 5.95. The number of hydrogen-bond acceptors (Lipinski definition) is 3. The number of pyridine rings is 1. The van der Waals surface area contributed by atoms with Crippen molar-refractivity contribution in [3.8, 4) is 0 Å². The summed E-state index contributed by atoms with van der Waals surface area (Å²) in [7, 11) is 0. The third kappa shape index (κ3) is 3.96. The average Bonchev–Trinajstić information content (AvgIpc) is 2.46. The van der Waals surface area contributed by atoms with Crippen LogP contribution in [0.25, 0.3) is 0 Å². The van der Waals surface area contributed by atoms with Crippen molar-refractivity contribution in [3.05, 3.63) is 23.4 Å². The Kier molecular flexibility index (Phi) is 4.86. The monoisotopic (exact) mass is 289 g/mol. The summed E-state index contributed by atoms with van der Waals surface area (Å²) in [5.74, 6) is 0.944. The van der Waals surface area contributed by atoms with E-state index in [2.05, 4.69) is 31.1 Å². The molecule has 21 heavy (non-hydrogen) atoms. The second kappa shape index (κ2) is 6.46. The van der Waals surface area contributed by atoms with E-state index < -0.39 is 0 Å². The molecule has 0 unspecified atom stereocenters. The fraction of sp³-hybridized carbons (Fsp3) is 0.647. The molecule has 116 valence electrons. The molecule has 2 heterocycles. The minimum Gasteiger partial charge on any atom is -0.370 e. The lowest BCUT2D eigenvalue weighted by Gasteiger charge is -2.37. The molecule has 1 aliphatic rings. The van der Waals surface area contributed by atoms with Gasteiger partial charge in [0.2, 0.25) is 0 Å². The lowest BCUT2D eigenvalue weighted by atomic mass is 9.82. The van der Waals surface area contributed by atoms with Crippen molar-refractivity contribution in [1.82, 2.24) is 9.88 Å². The van der Waals surface area contributed by atoms with Crippen molar-refractivity contribution in [3.63, 3.8) is 0 Å². The first kappa shape index (κ1) is 15.8. The van der Waals surface area contributed by atoms with Crippen molar-refractivity contribution in [2.24, 2.45) is 5.41 Å². The highest BCUT2D eigenvalue weighted by Gasteiger charge is 2.28. The molecule has 0 aromatic carbocycles. The lowest BCUT2D eigenvalue weighted by molar-refractivity contribution is 0.0630. The van der Waals surface area contributed by atoms with Crippen molar-refractivity contribution >= 4 is 11.7 Å². The van der Waals surface area contributed by atoms with Gasteiger partial charge in [0.25, 0.3) is 5.91 Å². The number of anilines is 1. The zero-order chi connectivity index (χ0) is 15.5. The van der Waals surface area contributed by atoms with Crippen LogP contribution in [0, 0.1) is 5.41 Å². The van der Waals surface area contributed by atoms with E-state index in [1.807, 2.05) is 24.0 Å². The predicted octanol–water partition coefficient (Wildman–Crippen LogP) is 3.34. The van der Waals surface area contributed by atoms with Crippen LogP contribution in [0.2, 0.25) is 0 Å². The van der Waals surface area contributed by atoms with E-state index in [1.165, 1.54) is 0 Å². The van der Waals surface area contributed by atoms with Gasteiger partial charge in [0.05, 0.1) is 0 Å². The van der Waals surface area contributed by atoms with Gasteiger partial charge < -0.3 is 10.2 Å². The molecule has 1 fully saturated rings. The van der Waals surface area contributed by atoms with Crippen LogP contribution in [0.5, 0.6) is 0 Å². The number of aromatic nitrogens is 1. The maximum absolute atomic E-state index is 12.7. The van der Waals surface area contributed by atoms with Gasteiger partial charge in [-0.15, -0.1) is 0 Å². The van der Waals surface area contributed by atoms with E-state index >= 15 is 0 Å². The Morgan fingerprint density at radius 3 is 2.52 bits per heavy atom. The molecule has 0 radical (unpaired) electrons. The SMILES string of the molecule is CCNc1cc(C(=O)N2CCC(C)(C)CC2)cc(CC)n1. The van der Waals surface area contributed by atoms with Crippen LogP contribution >= 0.6 is 0 Å². The number of nitrogens with one attached hydrogen (secondary N) is 1. The number of likely N-dealkylation sites (tertiary alicyclic amines) is 1. The van der Waals surface area contributed by atoms with Gasteiger partial charge in [-0.2, -0.15) is 0 Å². The van der Waals surface area contributed by atoms with E-state index in [0.717, 1.165) is 56.0 Å². The second-order valence-electron chi connectivity index (χ2n) is 6.57. The molecular weight excluding hydrogens is 262 g/mol. The molecule has 1 amide bonds. The maximum atomic E-state index is 12.7. The van der Waals surface area contributed by atoms with E-state index in [4.69, 9.17) is 0 Å². The van der Waals surface area contributed by atoms with Gasteiger partial charge in [-0.3, -0.25) is 4.79 Å². The Bertz CT molecular complexity index is 501. The van der Waals surface area contributed by atoms with Crippen LogP contribution in [0.15, 0.2) is 12.1 Å². The fourth-order valence-corrected chi connectivity index (χ4v) is 2.66. The molecule has 0 aliphatic carbocycles. The number of piperidine rings is 1. The molecular formula is C17H27N3O. The Balaban J connectivity index is 2.16. The van der Waals surface area contributed by atoms with Crippen molar-refractivity contribution in [2.45, 2.75) is 47.0 Å². The largest absolute Gasteiger partial charge is 0.370 e. The standard InChI is InChI=1S/C17H27N3O/c1-5-14-11-13(12-15(19-14)18-6-2)16(21)20-9-7-17(3,4)8-10-20/h11-12H,5-10H2,1-4H3,(H,18,19). The minimum atomic E-state index is 0.141. The summed E-state index contributed by atoms with van der Waals surface area (Å²) in [6, 6.07) is 3.81. The summed E-state index contributed by atoms with van der Waals surface area (Å²) in [6.45, 7) is 11.2. The van der Waals surface area contributed by atoms with Crippen molar-refractivity contribution in [1.29, 1.82) is 0 Å². The van der Waals surface area contributed by atoms with Gasteiger partial charge in [-0.25, -0.2) is 4.98 Å². The van der Waals surface area contributed by atoms with Crippen LogP contribution in [-0.4, -0.2) is 35.4 Å². The Morgan fingerprint density at radius 2 is 1.95 bits per heavy atom. The van der Waals surface area contributed by atoms with Crippen molar-refractivity contribution in [2.75, 3.05) is 25.0 Å². The molecule has 1 aromatic rings. The topological polar surface area (TPSA) is 45.2 Å². The third-order valence-electron chi connectivity index (χ3n) is 4.25. The van der Waals surface area contributed by atoms with Gasteiger partial charge in [0.15, 0.2) is 0 Å². The summed E-state index contributed by atoms with van der Waals surface area (Å²) < 4.78 is 0. The van der Waals surface area contributed by atoms with Crippen LogP contribution in [0.1, 0.15) is 56.6 Å². The summed E-state index contributed by atoms with van der Waals surface area (Å²) >= 11 is 0. The first-order chi connectivity index (χ1) is 9.95. The molecule has 1 saturated heterocycles. The Morgan fingerprint density at radius 1 is 1.29 bits per heavy atom. The predicted molar refractivity (Wildman–Crippen MR) is 86.7 cm³/mol. The number of hydrogen-bond donors (Lipinski definition) is 1. The number of amides is 1. The number of nitrogens with zero attached hydrogens (tertiary/aromatic N) is 2. The minimum absolute atomic E-state index is 0.141. The van der Waals surface area contributed by atoms with Gasteiger partial charge >= 0.3 is 0 Å². The van der Waals surface area contributed by atoms with Gasteiger partial charge in [0, 0.05) is 30.9 Å². The number of aryl methyl sites for hydroxylation is 1. The lowest BCUT2D eigenvalue weighted by Crippen LogP contribution is -2.41. The summed E-state index contributed by atoms with van der Waals surface area (Å²) in [5.41, 5.74) is 2.09. The highest BCUT2D eigenvalue weighted by Crippen LogP contribution is 2.30. The molecule has 4 nitrogen and oxygen atoms in total. The molecule has 2 rings (SSSR count).